The number of nitrogens with zero attached hydrogens (tertiary/aromatic N) is 2. The van der Waals surface area contributed by atoms with Crippen LogP contribution in [0.5, 0.6) is 0 Å². The Bertz CT molecular complexity index is 2440. The third-order valence-electron chi connectivity index (χ3n) is 8.53. The van der Waals surface area contributed by atoms with Gasteiger partial charge in [0.25, 0.3) is 0 Å². The number of thiophene rings is 1. The number of fused-ring (bicyclic) bond motifs is 5. The zero-order valence-corrected chi connectivity index (χ0v) is 26.4. The smallest absolute Gasteiger partial charge is 0.160 e. The lowest BCUT2D eigenvalue weighted by Crippen LogP contribution is -1.94. The molecule has 0 spiro atoms. The largest absolute Gasteiger partial charge is 0.226 e. The second-order valence-corrected chi connectivity index (χ2v) is 13.6. The van der Waals surface area contributed by atoms with Gasteiger partial charge in [0.2, 0.25) is 0 Å². The van der Waals surface area contributed by atoms with Gasteiger partial charge in [-0.25, -0.2) is 9.97 Å². The van der Waals surface area contributed by atoms with Gasteiger partial charge in [0, 0.05) is 31.0 Å². The first-order valence-corrected chi connectivity index (χ1v) is 17.0. The van der Waals surface area contributed by atoms with E-state index in [1.165, 1.54) is 42.1 Å². The monoisotopic (exact) mass is 622 g/mol. The molecule has 1 aliphatic heterocycles. The second-order valence-electron chi connectivity index (χ2n) is 11.4. The maximum Gasteiger partial charge on any atom is 0.160 e. The Labute approximate surface area is 275 Å². The number of hydrogen-bond donors (Lipinski definition) is 0. The standard InChI is InChI=1S/C42H26N2S2/c1-2-10-31(11-3-1)39-41-40(35-14-5-7-16-37(35)46-41)44-42(43-39)34-13-8-12-32(25-34)27-17-19-28(20-18-27)33-24-23-30-22-21-29-9-4-6-15-36(29)45-38(30)26-33/h1-26H. The van der Waals surface area contributed by atoms with E-state index in [-0.39, 0.29) is 0 Å². The summed E-state index contributed by atoms with van der Waals surface area (Å²) < 4.78 is 2.35. The van der Waals surface area contributed by atoms with Crippen LogP contribution in [0.1, 0.15) is 11.1 Å². The van der Waals surface area contributed by atoms with Crippen LogP contribution in [0.25, 0.3) is 77.4 Å². The van der Waals surface area contributed by atoms with Crippen LogP contribution in [0.2, 0.25) is 0 Å². The Kier molecular flexibility index (Phi) is 6.62. The molecule has 3 heterocycles. The third-order valence-corrected chi connectivity index (χ3v) is 10.9. The average Bonchev–Trinajstić information content (AvgIpc) is 3.39. The Hall–Kier alpha value is -5.29. The van der Waals surface area contributed by atoms with Gasteiger partial charge in [0.1, 0.15) is 0 Å². The topological polar surface area (TPSA) is 25.8 Å². The fraction of sp³-hybridized carbons (Fsp3) is 0. The molecule has 0 bridgehead atoms. The fourth-order valence-electron chi connectivity index (χ4n) is 6.15. The molecule has 0 unspecified atom stereocenters. The summed E-state index contributed by atoms with van der Waals surface area (Å²) in [6, 6.07) is 51.8. The van der Waals surface area contributed by atoms with Crippen molar-refractivity contribution >= 4 is 55.6 Å². The van der Waals surface area contributed by atoms with Gasteiger partial charge < -0.3 is 0 Å². The molecular formula is C42H26N2S2. The highest BCUT2D eigenvalue weighted by molar-refractivity contribution is 7.99. The molecule has 0 atom stereocenters. The maximum atomic E-state index is 5.17. The van der Waals surface area contributed by atoms with Crippen LogP contribution in [0, 0.1) is 0 Å². The minimum Gasteiger partial charge on any atom is -0.226 e. The first-order chi connectivity index (χ1) is 22.8. The van der Waals surface area contributed by atoms with Crippen molar-refractivity contribution < 1.29 is 0 Å². The summed E-state index contributed by atoms with van der Waals surface area (Å²) in [5, 5.41) is 1.17. The molecular weight excluding hydrogens is 597 g/mol. The molecule has 2 nitrogen and oxygen atoms in total. The Morgan fingerprint density at radius 1 is 0.435 bits per heavy atom. The van der Waals surface area contributed by atoms with Crippen molar-refractivity contribution in [3.8, 4) is 44.9 Å². The lowest BCUT2D eigenvalue weighted by Gasteiger charge is -2.11. The number of benzene rings is 6. The molecule has 0 fully saturated rings. The van der Waals surface area contributed by atoms with E-state index in [2.05, 4.69) is 152 Å². The van der Waals surface area contributed by atoms with E-state index < -0.39 is 0 Å². The Balaban J connectivity index is 1.07. The summed E-state index contributed by atoms with van der Waals surface area (Å²) in [7, 11) is 0. The summed E-state index contributed by atoms with van der Waals surface area (Å²) >= 11 is 3.60. The molecule has 4 heteroatoms. The molecule has 1 aliphatic rings. The predicted octanol–water partition coefficient (Wildman–Crippen LogP) is 12.1. The van der Waals surface area contributed by atoms with Crippen LogP contribution in [0.3, 0.4) is 0 Å². The summed E-state index contributed by atoms with van der Waals surface area (Å²) in [6.07, 6.45) is 4.43. The van der Waals surface area contributed by atoms with Crippen LogP contribution in [0.15, 0.2) is 155 Å². The molecule has 0 saturated heterocycles. The van der Waals surface area contributed by atoms with Crippen molar-refractivity contribution in [1.82, 2.24) is 9.97 Å². The molecule has 0 amide bonds. The van der Waals surface area contributed by atoms with Crippen molar-refractivity contribution in [2.45, 2.75) is 9.79 Å². The van der Waals surface area contributed by atoms with Gasteiger partial charge in [0.05, 0.1) is 15.9 Å². The van der Waals surface area contributed by atoms with Crippen molar-refractivity contribution in [3.63, 3.8) is 0 Å². The molecule has 6 aromatic carbocycles. The van der Waals surface area contributed by atoms with Gasteiger partial charge in [-0.15, -0.1) is 11.3 Å². The summed E-state index contributed by atoms with van der Waals surface area (Å²) in [6.45, 7) is 0. The third kappa shape index (κ3) is 4.83. The molecule has 0 radical (unpaired) electrons. The van der Waals surface area contributed by atoms with Crippen molar-refractivity contribution in [2.24, 2.45) is 0 Å². The summed E-state index contributed by atoms with van der Waals surface area (Å²) in [5.41, 5.74) is 11.4. The van der Waals surface area contributed by atoms with E-state index >= 15 is 0 Å². The van der Waals surface area contributed by atoms with Gasteiger partial charge in [0.15, 0.2) is 5.82 Å². The SMILES string of the molecule is C1=Cc2ccc(-c3ccc(-c4cccc(-c5nc(-c6ccccc6)c6sc7ccccc7c6n5)c4)cc3)cc2Sc2ccccc21. The van der Waals surface area contributed by atoms with Gasteiger partial charge in [-0.1, -0.05) is 145 Å². The van der Waals surface area contributed by atoms with Gasteiger partial charge in [-0.2, -0.15) is 0 Å². The minimum absolute atomic E-state index is 0.742. The van der Waals surface area contributed by atoms with E-state index in [4.69, 9.17) is 9.97 Å². The Morgan fingerprint density at radius 3 is 1.93 bits per heavy atom. The zero-order chi connectivity index (χ0) is 30.5. The normalized spacial score (nSPS) is 12.2. The first-order valence-electron chi connectivity index (χ1n) is 15.3. The van der Waals surface area contributed by atoms with Gasteiger partial charge in [-0.05, 0) is 57.6 Å². The van der Waals surface area contributed by atoms with Crippen LogP contribution in [-0.4, -0.2) is 9.97 Å². The highest BCUT2D eigenvalue weighted by atomic mass is 32.2. The van der Waals surface area contributed by atoms with Crippen LogP contribution >= 0.6 is 23.1 Å². The highest BCUT2D eigenvalue weighted by Crippen LogP contribution is 2.41. The second kappa shape index (κ2) is 11.3. The van der Waals surface area contributed by atoms with Gasteiger partial charge >= 0.3 is 0 Å². The molecule has 46 heavy (non-hydrogen) atoms. The van der Waals surface area contributed by atoms with Gasteiger partial charge in [-0.3, -0.25) is 0 Å². The van der Waals surface area contributed by atoms with E-state index in [1.807, 2.05) is 17.8 Å². The van der Waals surface area contributed by atoms with E-state index in [1.54, 1.807) is 11.3 Å². The van der Waals surface area contributed by atoms with Crippen molar-refractivity contribution in [1.29, 1.82) is 0 Å². The predicted molar refractivity (Wildman–Crippen MR) is 196 cm³/mol. The van der Waals surface area contributed by atoms with Crippen LogP contribution < -0.4 is 0 Å². The van der Waals surface area contributed by atoms with Crippen LogP contribution in [-0.2, 0) is 0 Å². The van der Waals surface area contributed by atoms with Crippen molar-refractivity contribution in [2.75, 3.05) is 0 Å². The van der Waals surface area contributed by atoms with E-state index in [9.17, 15) is 0 Å². The summed E-state index contributed by atoms with van der Waals surface area (Å²) in [5.74, 6) is 0.742. The number of rotatable bonds is 4. The highest BCUT2D eigenvalue weighted by Gasteiger charge is 2.17. The average molecular weight is 623 g/mol. The number of aromatic nitrogens is 2. The van der Waals surface area contributed by atoms with Crippen LogP contribution in [0.4, 0.5) is 0 Å². The molecule has 0 aliphatic carbocycles. The number of hydrogen-bond acceptors (Lipinski definition) is 4. The molecule has 216 valence electrons. The quantitative estimate of drug-likeness (QED) is 0.195. The lowest BCUT2D eigenvalue weighted by molar-refractivity contribution is 1.24. The van der Waals surface area contributed by atoms with Crippen molar-refractivity contribution in [3.05, 3.63) is 157 Å². The molecule has 9 rings (SSSR count). The summed E-state index contributed by atoms with van der Waals surface area (Å²) in [4.78, 5) is 12.9. The molecule has 8 aromatic rings. The lowest BCUT2D eigenvalue weighted by atomic mass is 9.98. The zero-order valence-electron chi connectivity index (χ0n) is 24.7. The molecule has 0 saturated carbocycles. The minimum atomic E-state index is 0.742. The fourth-order valence-corrected chi connectivity index (χ4v) is 8.38. The van der Waals surface area contributed by atoms with E-state index in [0.717, 1.165) is 44.0 Å². The molecule has 0 N–H and O–H groups in total. The maximum absolute atomic E-state index is 5.17. The Morgan fingerprint density at radius 2 is 1.09 bits per heavy atom. The molecule has 2 aromatic heterocycles. The first kappa shape index (κ1) is 27.1. The van der Waals surface area contributed by atoms with E-state index in [0.29, 0.717) is 0 Å².